The fourth-order valence-corrected chi connectivity index (χ4v) is 1.54. The van der Waals surface area contributed by atoms with E-state index >= 15 is 0 Å². The van der Waals surface area contributed by atoms with Crippen LogP contribution in [-0.4, -0.2) is 5.91 Å². The highest BCUT2D eigenvalue weighted by Crippen LogP contribution is 2.13. The molecule has 1 heterocycles. The first-order valence-corrected chi connectivity index (χ1v) is 5.32. The molecular weight excluding hydrogens is 216 g/mol. The molecule has 0 aliphatic rings. The van der Waals surface area contributed by atoms with E-state index in [2.05, 4.69) is 5.32 Å². The summed E-state index contributed by atoms with van der Waals surface area (Å²) in [6, 6.07) is 7.20. The molecule has 0 fully saturated rings. The highest BCUT2D eigenvalue weighted by Gasteiger charge is 2.09. The predicted molar refractivity (Wildman–Crippen MR) is 65.5 cm³/mol. The fraction of sp³-hybridized carbons (Fsp3) is 0.154. The molecule has 0 radical (unpaired) electrons. The molecule has 1 aromatic carbocycles. The number of furan rings is 1. The van der Waals surface area contributed by atoms with Crippen LogP contribution in [0.25, 0.3) is 0 Å². The van der Waals surface area contributed by atoms with Crippen molar-refractivity contribution in [1.29, 1.82) is 0 Å². The number of rotatable bonds is 3. The van der Waals surface area contributed by atoms with Crippen molar-refractivity contribution in [2.45, 2.75) is 13.5 Å². The molecule has 4 heteroatoms. The number of nitrogens with one attached hydrogen (secondary N) is 1. The molecule has 1 aromatic heterocycles. The van der Waals surface area contributed by atoms with E-state index in [0.29, 0.717) is 17.8 Å². The summed E-state index contributed by atoms with van der Waals surface area (Å²) in [5, 5.41) is 2.79. The van der Waals surface area contributed by atoms with Crippen molar-refractivity contribution in [3.05, 3.63) is 53.5 Å². The molecule has 0 aliphatic heterocycles. The summed E-state index contributed by atoms with van der Waals surface area (Å²) in [5.74, 6) is -0.174. The molecule has 88 valence electrons. The minimum Gasteiger partial charge on any atom is -0.472 e. The molecule has 0 aliphatic carbocycles. The molecule has 0 bridgehead atoms. The molecule has 4 nitrogen and oxygen atoms in total. The molecule has 3 N–H and O–H groups in total. The predicted octanol–water partition coefficient (Wildman–Crippen LogP) is 2.10. The van der Waals surface area contributed by atoms with E-state index in [1.165, 1.54) is 0 Å². The Hall–Kier alpha value is -2.23. The Morgan fingerprint density at radius 3 is 2.94 bits per heavy atom. The number of benzene rings is 1. The third kappa shape index (κ3) is 2.66. The van der Waals surface area contributed by atoms with Crippen molar-refractivity contribution in [2.24, 2.45) is 0 Å². The zero-order valence-electron chi connectivity index (χ0n) is 9.57. The van der Waals surface area contributed by atoms with Crippen LogP contribution in [0.15, 0.2) is 41.2 Å². The lowest BCUT2D eigenvalue weighted by molar-refractivity contribution is 0.0951. The standard InChI is InChI=1S/C13H14N2O2/c1-9-2-3-12(14)11(6-9)13(16)15-7-10-4-5-17-8-10/h2-6,8H,7,14H2,1H3,(H,15,16). The zero-order valence-corrected chi connectivity index (χ0v) is 9.57. The first-order valence-electron chi connectivity index (χ1n) is 5.32. The van der Waals surface area contributed by atoms with Gasteiger partial charge >= 0.3 is 0 Å². The van der Waals surface area contributed by atoms with Crippen molar-refractivity contribution >= 4 is 11.6 Å². The molecule has 0 atom stereocenters. The van der Waals surface area contributed by atoms with Gasteiger partial charge in [0.25, 0.3) is 5.91 Å². The summed E-state index contributed by atoms with van der Waals surface area (Å²) >= 11 is 0. The number of carbonyl (C=O) groups is 1. The zero-order chi connectivity index (χ0) is 12.3. The highest BCUT2D eigenvalue weighted by molar-refractivity contribution is 5.99. The average Bonchev–Trinajstić information content (AvgIpc) is 2.82. The maximum Gasteiger partial charge on any atom is 0.253 e. The van der Waals surface area contributed by atoms with Crippen LogP contribution < -0.4 is 11.1 Å². The van der Waals surface area contributed by atoms with Gasteiger partial charge in [-0.05, 0) is 25.1 Å². The minimum atomic E-state index is -0.174. The fourth-order valence-electron chi connectivity index (χ4n) is 1.54. The van der Waals surface area contributed by atoms with Crippen LogP contribution in [0, 0.1) is 6.92 Å². The molecule has 0 spiro atoms. The molecule has 0 unspecified atom stereocenters. The first-order chi connectivity index (χ1) is 8.16. The molecule has 17 heavy (non-hydrogen) atoms. The summed E-state index contributed by atoms with van der Waals surface area (Å²) in [6.07, 6.45) is 3.17. The van der Waals surface area contributed by atoms with Gasteiger partial charge in [0.15, 0.2) is 0 Å². The summed E-state index contributed by atoms with van der Waals surface area (Å²) in [6.45, 7) is 2.36. The molecular formula is C13H14N2O2. The average molecular weight is 230 g/mol. The van der Waals surface area contributed by atoms with Gasteiger partial charge in [-0.1, -0.05) is 11.6 Å². The van der Waals surface area contributed by atoms with Crippen LogP contribution in [-0.2, 0) is 6.54 Å². The van der Waals surface area contributed by atoms with Crippen LogP contribution in [0.1, 0.15) is 21.5 Å². The van der Waals surface area contributed by atoms with Crippen molar-refractivity contribution in [3.8, 4) is 0 Å². The highest BCUT2D eigenvalue weighted by atomic mass is 16.3. The van der Waals surface area contributed by atoms with E-state index in [1.807, 2.05) is 13.0 Å². The maximum absolute atomic E-state index is 11.9. The number of amides is 1. The van der Waals surface area contributed by atoms with Crippen LogP contribution in [0.4, 0.5) is 5.69 Å². The SMILES string of the molecule is Cc1ccc(N)c(C(=O)NCc2ccoc2)c1. The Balaban J connectivity index is 2.07. The van der Waals surface area contributed by atoms with E-state index in [9.17, 15) is 4.79 Å². The van der Waals surface area contributed by atoms with Crippen molar-refractivity contribution < 1.29 is 9.21 Å². The molecule has 0 saturated heterocycles. The van der Waals surface area contributed by atoms with E-state index < -0.39 is 0 Å². The largest absolute Gasteiger partial charge is 0.472 e. The Morgan fingerprint density at radius 2 is 2.24 bits per heavy atom. The molecule has 2 aromatic rings. The molecule has 1 amide bonds. The Kier molecular flexibility index (Phi) is 3.14. The van der Waals surface area contributed by atoms with Gasteiger partial charge in [0.2, 0.25) is 0 Å². The molecule has 0 saturated carbocycles. The van der Waals surface area contributed by atoms with Gasteiger partial charge in [0.1, 0.15) is 0 Å². The van der Waals surface area contributed by atoms with Gasteiger partial charge in [-0.15, -0.1) is 0 Å². The Bertz CT molecular complexity index is 518. The minimum absolute atomic E-state index is 0.174. The van der Waals surface area contributed by atoms with Gasteiger partial charge in [0.05, 0.1) is 18.1 Å². The van der Waals surface area contributed by atoms with Gasteiger partial charge in [0, 0.05) is 17.8 Å². The van der Waals surface area contributed by atoms with Crippen molar-refractivity contribution in [1.82, 2.24) is 5.32 Å². The van der Waals surface area contributed by atoms with E-state index in [0.717, 1.165) is 11.1 Å². The van der Waals surface area contributed by atoms with Crippen LogP contribution >= 0.6 is 0 Å². The summed E-state index contributed by atoms with van der Waals surface area (Å²) in [4.78, 5) is 11.9. The lowest BCUT2D eigenvalue weighted by Crippen LogP contribution is -2.23. The topological polar surface area (TPSA) is 68.3 Å². The number of anilines is 1. The summed E-state index contributed by atoms with van der Waals surface area (Å²) in [5.41, 5.74) is 8.68. The second kappa shape index (κ2) is 4.74. The van der Waals surface area contributed by atoms with Gasteiger partial charge < -0.3 is 15.5 Å². The molecule has 2 rings (SSSR count). The number of aryl methyl sites for hydroxylation is 1. The van der Waals surface area contributed by atoms with Gasteiger partial charge in [-0.3, -0.25) is 4.79 Å². The van der Waals surface area contributed by atoms with Crippen LogP contribution in [0.5, 0.6) is 0 Å². The Morgan fingerprint density at radius 1 is 1.41 bits per heavy atom. The lowest BCUT2D eigenvalue weighted by atomic mass is 10.1. The number of nitrogens with two attached hydrogens (primary N) is 1. The lowest BCUT2D eigenvalue weighted by Gasteiger charge is -2.07. The number of hydrogen-bond acceptors (Lipinski definition) is 3. The number of nitrogen functional groups attached to an aromatic ring is 1. The van der Waals surface area contributed by atoms with E-state index in [4.69, 9.17) is 10.2 Å². The summed E-state index contributed by atoms with van der Waals surface area (Å²) < 4.78 is 4.92. The quantitative estimate of drug-likeness (QED) is 0.793. The Labute approximate surface area is 99.4 Å². The number of hydrogen-bond donors (Lipinski definition) is 2. The smallest absolute Gasteiger partial charge is 0.253 e. The number of carbonyl (C=O) groups excluding carboxylic acids is 1. The van der Waals surface area contributed by atoms with Crippen LogP contribution in [0.3, 0.4) is 0 Å². The second-order valence-electron chi connectivity index (χ2n) is 3.90. The normalized spacial score (nSPS) is 10.2. The second-order valence-corrected chi connectivity index (χ2v) is 3.90. The van der Waals surface area contributed by atoms with Crippen molar-refractivity contribution in [2.75, 3.05) is 5.73 Å². The van der Waals surface area contributed by atoms with E-state index in [-0.39, 0.29) is 5.91 Å². The third-order valence-electron chi connectivity index (χ3n) is 2.49. The van der Waals surface area contributed by atoms with Gasteiger partial charge in [-0.2, -0.15) is 0 Å². The van der Waals surface area contributed by atoms with Crippen LogP contribution in [0.2, 0.25) is 0 Å². The monoisotopic (exact) mass is 230 g/mol. The maximum atomic E-state index is 11.9. The van der Waals surface area contributed by atoms with E-state index in [1.54, 1.807) is 30.7 Å². The first kappa shape index (κ1) is 11.3. The van der Waals surface area contributed by atoms with Crippen molar-refractivity contribution in [3.63, 3.8) is 0 Å². The summed E-state index contributed by atoms with van der Waals surface area (Å²) in [7, 11) is 0. The third-order valence-corrected chi connectivity index (χ3v) is 2.49. The van der Waals surface area contributed by atoms with Gasteiger partial charge in [-0.25, -0.2) is 0 Å².